The molecule has 1 aromatic carbocycles. The summed E-state index contributed by atoms with van der Waals surface area (Å²) in [6.07, 6.45) is 0.583. The number of halogens is 2. The minimum absolute atomic E-state index is 0.0233. The van der Waals surface area contributed by atoms with Gasteiger partial charge in [0.1, 0.15) is 5.82 Å². The van der Waals surface area contributed by atoms with Gasteiger partial charge < -0.3 is 16.2 Å². The van der Waals surface area contributed by atoms with Crippen LogP contribution in [0.3, 0.4) is 0 Å². The standard InChI is InChI=1S/C12H15BrFN3O4/c1-12(16,11(15)18)3-2-4-21-10-6-8(14)7(13)5-9(10)17(19)20/h5-6H,2-4,16H2,1H3,(H2,15,18). The number of hydrogen-bond donors (Lipinski definition) is 2. The van der Waals surface area contributed by atoms with E-state index in [1.54, 1.807) is 0 Å². The molecule has 1 atom stereocenters. The van der Waals surface area contributed by atoms with E-state index in [0.29, 0.717) is 6.42 Å². The highest BCUT2D eigenvalue weighted by Crippen LogP contribution is 2.32. The first-order chi connectivity index (χ1) is 9.65. The quantitative estimate of drug-likeness (QED) is 0.434. The summed E-state index contributed by atoms with van der Waals surface area (Å²) in [4.78, 5) is 21.2. The molecule has 0 bridgehead atoms. The molecule has 0 aliphatic rings. The van der Waals surface area contributed by atoms with Crippen LogP contribution < -0.4 is 16.2 Å². The van der Waals surface area contributed by atoms with E-state index in [4.69, 9.17) is 16.2 Å². The second kappa shape index (κ2) is 6.81. The van der Waals surface area contributed by atoms with E-state index in [9.17, 15) is 19.3 Å². The molecule has 1 rings (SSSR count). The van der Waals surface area contributed by atoms with Crippen LogP contribution in [0.4, 0.5) is 10.1 Å². The van der Waals surface area contributed by atoms with Crippen LogP contribution in [0.25, 0.3) is 0 Å². The second-order valence-corrected chi connectivity index (χ2v) is 5.58. The van der Waals surface area contributed by atoms with E-state index < -0.39 is 22.2 Å². The van der Waals surface area contributed by atoms with Gasteiger partial charge >= 0.3 is 5.69 Å². The Morgan fingerprint density at radius 2 is 2.19 bits per heavy atom. The van der Waals surface area contributed by atoms with Crippen molar-refractivity contribution in [3.05, 3.63) is 32.5 Å². The molecule has 0 aliphatic heterocycles. The molecule has 0 radical (unpaired) electrons. The number of benzene rings is 1. The molecule has 21 heavy (non-hydrogen) atoms. The van der Waals surface area contributed by atoms with Gasteiger partial charge in [-0.3, -0.25) is 14.9 Å². The number of nitrogens with two attached hydrogens (primary N) is 2. The Kier molecular flexibility index (Phi) is 5.62. The van der Waals surface area contributed by atoms with Crippen LogP contribution in [0.2, 0.25) is 0 Å². The van der Waals surface area contributed by atoms with Gasteiger partial charge in [-0.1, -0.05) is 0 Å². The van der Waals surface area contributed by atoms with Crippen molar-refractivity contribution < 1.29 is 18.8 Å². The van der Waals surface area contributed by atoms with E-state index in [1.807, 2.05) is 0 Å². The SMILES string of the molecule is CC(N)(CCCOc1cc(F)c(Br)cc1[N+](=O)[O-])C(N)=O. The smallest absolute Gasteiger partial charge is 0.312 e. The van der Waals surface area contributed by atoms with Crippen molar-refractivity contribution in [2.75, 3.05) is 6.61 Å². The zero-order valence-electron chi connectivity index (χ0n) is 11.3. The van der Waals surface area contributed by atoms with Gasteiger partial charge in [-0.2, -0.15) is 0 Å². The molecule has 1 amide bonds. The molecule has 116 valence electrons. The van der Waals surface area contributed by atoms with Crippen molar-refractivity contribution in [2.24, 2.45) is 11.5 Å². The summed E-state index contributed by atoms with van der Waals surface area (Å²) in [5.41, 5.74) is 9.24. The monoisotopic (exact) mass is 363 g/mol. The van der Waals surface area contributed by atoms with E-state index in [1.165, 1.54) is 6.92 Å². The van der Waals surface area contributed by atoms with Crippen LogP contribution in [0.1, 0.15) is 19.8 Å². The van der Waals surface area contributed by atoms with E-state index in [2.05, 4.69) is 15.9 Å². The fourth-order valence-electron chi connectivity index (χ4n) is 1.52. The summed E-state index contributed by atoms with van der Waals surface area (Å²) < 4.78 is 18.6. The number of nitro benzene ring substituents is 1. The Hall–Kier alpha value is -1.74. The topological polar surface area (TPSA) is 121 Å². The van der Waals surface area contributed by atoms with Crippen molar-refractivity contribution in [1.82, 2.24) is 0 Å². The summed E-state index contributed by atoms with van der Waals surface area (Å²) in [6, 6.07) is 1.96. The summed E-state index contributed by atoms with van der Waals surface area (Å²) in [6.45, 7) is 1.53. The molecule has 4 N–H and O–H groups in total. The van der Waals surface area contributed by atoms with Gasteiger partial charge in [0.2, 0.25) is 5.91 Å². The molecule has 0 spiro atoms. The first-order valence-electron chi connectivity index (χ1n) is 6.00. The third kappa shape index (κ3) is 4.64. The minimum Gasteiger partial charge on any atom is -0.487 e. The van der Waals surface area contributed by atoms with Gasteiger partial charge in [0.15, 0.2) is 5.75 Å². The Balaban J connectivity index is 2.70. The lowest BCUT2D eigenvalue weighted by Gasteiger charge is -2.20. The van der Waals surface area contributed by atoms with Crippen molar-refractivity contribution in [3.63, 3.8) is 0 Å². The van der Waals surface area contributed by atoms with Crippen LogP contribution in [-0.4, -0.2) is 23.0 Å². The predicted octanol–water partition coefficient (Wildman–Crippen LogP) is 1.86. The Labute approximate surface area is 128 Å². The largest absolute Gasteiger partial charge is 0.487 e. The third-order valence-corrected chi connectivity index (χ3v) is 3.47. The van der Waals surface area contributed by atoms with Crippen molar-refractivity contribution in [2.45, 2.75) is 25.3 Å². The summed E-state index contributed by atoms with van der Waals surface area (Å²) in [7, 11) is 0. The first kappa shape index (κ1) is 17.3. The summed E-state index contributed by atoms with van der Waals surface area (Å²) in [5.74, 6) is -1.50. The fraction of sp³-hybridized carbons (Fsp3) is 0.417. The zero-order valence-corrected chi connectivity index (χ0v) is 12.9. The van der Waals surface area contributed by atoms with Gasteiger partial charge in [-0.05, 0) is 35.7 Å². The molecule has 0 fully saturated rings. The average Bonchev–Trinajstić information content (AvgIpc) is 2.37. The first-order valence-corrected chi connectivity index (χ1v) is 6.79. The molecular weight excluding hydrogens is 349 g/mol. The number of amides is 1. The number of carbonyl (C=O) groups is 1. The molecule has 0 aliphatic carbocycles. The number of ether oxygens (including phenoxy) is 1. The zero-order chi connectivity index (χ0) is 16.2. The number of nitrogens with zero attached hydrogens (tertiary/aromatic N) is 1. The van der Waals surface area contributed by atoms with Gasteiger partial charge in [0.25, 0.3) is 0 Å². The maximum atomic E-state index is 13.4. The fourth-order valence-corrected chi connectivity index (χ4v) is 1.85. The summed E-state index contributed by atoms with van der Waals surface area (Å²) >= 11 is 2.87. The highest BCUT2D eigenvalue weighted by molar-refractivity contribution is 9.10. The number of rotatable bonds is 7. The molecule has 0 saturated heterocycles. The van der Waals surface area contributed by atoms with Crippen LogP contribution in [-0.2, 0) is 4.79 Å². The Bertz CT molecular complexity index is 566. The molecule has 0 saturated carbocycles. The van der Waals surface area contributed by atoms with E-state index in [0.717, 1.165) is 12.1 Å². The Morgan fingerprint density at radius 3 is 2.71 bits per heavy atom. The normalized spacial score (nSPS) is 13.5. The van der Waals surface area contributed by atoms with Crippen LogP contribution in [0, 0.1) is 15.9 Å². The van der Waals surface area contributed by atoms with Crippen molar-refractivity contribution in [3.8, 4) is 5.75 Å². The van der Waals surface area contributed by atoms with Crippen LogP contribution in [0.5, 0.6) is 5.75 Å². The maximum absolute atomic E-state index is 13.4. The molecule has 9 heteroatoms. The molecule has 0 aromatic heterocycles. The minimum atomic E-state index is -1.18. The lowest BCUT2D eigenvalue weighted by atomic mass is 9.97. The molecule has 1 aromatic rings. The highest BCUT2D eigenvalue weighted by Gasteiger charge is 2.25. The molecule has 0 heterocycles. The number of nitro groups is 1. The molecule has 7 nitrogen and oxygen atoms in total. The highest BCUT2D eigenvalue weighted by atomic mass is 79.9. The summed E-state index contributed by atoms with van der Waals surface area (Å²) in [5, 5.41) is 10.9. The van der Waals surface area contributed by atoms with E-state index in [-0.39, 0.29) is 28.9 Å². The van der Waals surface area contributed by atoms with Gasteiger partial charge in [-0.15, -0.1) is 0 Å². The maximum Gasteiger partial charge on any atom is 0.312 e. The van der Waals surface area contributed by atoms with Gasteiger partial charge in [0, 0.05) is 12.1 Å². The van der Waals surface area contributed by atoms with Gasteiger partial charge in [-0.25, -0.2) is 4.39 Å². The molecular formula is C12H15BrFN3O4. The number of carbonyl (C=O) groups excluding carboxylic acids is 1. The van der Waals surface area contributed by atoms with Gasteiger partial charge in [0.05, 0.1) is 21.5 Å². The lowest BCUT2D eigenvalue weighted by molar-refractivity contribution is -0.386. The lowest BCUT2D eigenvalue weighted by Crippen LogP contribution is -2.49. The van der Waals surface area contributed by atoms with E-state index >= 15 is 0 Å². The third-order valence-electron chi connectivity index (χ3n) is 2.86. The van der Waals surface area contributed by atoms with Crippen LogP contribution in [0.15, 0.2) is 16.6 Å². The predicted molar refractivity (Wildman–Crippen MR) is 77.3 cm³/mol. The van der Waals surface area contributed by atoms with Crippen molar-refractivity contribution >= 4 is 27.5 Å². The Morgan fingerprint density at radius 1 is 1.57 bits per heavy atom. The van der Waals surface area contributed by atoms with Crippen molar-refractivity contribution in [1.29, 1.82) is 0 Å². The van der Waals surface area contributed by atoms with Crippen LogP contribution >= 0.6 is 15.9 Å². The second-order valence-electron chi connectivity index (χ2n) is 4.72. The number of hydrogen-bond acceptors (Lipinski definition) is 5. The average molecular weight is 364 g/mol. The molecule has 1 unspecified atom stereocenters. The number of primary amides is 1.